The van der Waals surface area contributed by atoms with E-state index in [-0.39, 0.29) is 28.4 Å². The second-order valence-corrected chi connectivity index (χ2v) is 8.24. The maximum absolute atomic E-state index is 12.0. The van der Waals surface area contributed by atoms with Crippen molar-refractivity contribution in [1.82, 2.24) is 10.6 Å². The Bertz CT molecular complexity index is 990. The zero-order valence-electron chi connectivity index (χ0n) is 16.1. The summed E-state index contributed by atoms with van der Waals surface area (Å²) in [5.74, 6) is -0.122. The molecule has 1 aliphatic heterocycles. The summed E-state index contributed by atoms with van der Waals surface area (Å²) in [6.45, 7) is 2.17. The Balaban J connectivity index is 1.61. The van der Waals surface area contributed by atoms with E-state index in [9.17, 15) is 4.79 Å². The zero-order valence-corrected chi connectivity index (χ0v) is 16.9. The van der Waals surface area contributed by atoms with Gasteiger partial charge in [0.2, 0.25) is 5.91 Å². The van der Waals surface area contributed by atoms with E-state index in [1.54, 1.807) is 0 Å². The van der Waals surface area contributed by atoms with Gasteiger partial charge in [0.05, 0.1) is 6.04 Å². The largest absolute Gasteiger partial charge is 0.304 e. The molecule has 1 saturated heterocycles. The first-order valence-electron chi connectivity index (χ1n) is 9.63. The van der Waals surface area contributed by atoms with E-state index in [0.29, 0.717) is 0 Å². The molecular weight excluding hydrogens is 378 g/mol. The first-order valence-corrected chi connectivity index (χ1v) is 10.5. The molecule has 1 fully saturated rings. The molecule has 3 atom stereocenters. The van der Waals surface area contributed by atoms with E-state index in [1.165, 1.54) is 22.9 Å². The Morgan fingerprint density at radius 2 is 1.41 bits per heavy atom. The van der Waals surface area contributed by atoms with E-state index in [4.69, 9.17) is 5.41 Å². The summed E-state index contributed by atoms with van der Waals surface area (Å²) in [6, 6.07) is 29.2. The molecule has 0 bridgehead atoms. The maximum atomic E-state index is 12.0. The highest BCUT2D eigenvalue weighted by Gasteiger charge is 2.30. The molecule has 1 amide bonds. The van der Waals surface area contributed by atoms with Gasteiger partial charge in [0.1, 0.15) is 5.25 Å². The van der Waals surface area contributed by atoms with Crippen molar-refractivity contribution in [2.75, 3.05) is 0 Å². The molecular formula is C24H23N3OS. The van der Waals surface area contributed by atoms with Gasteiger partial charge in [0, 0.05) is 6.04 Å². The highest BCUT2D eigenvalue weighted by atomic mass is 32.2. The van der Waals surface area contributed by atoms with Gasteiger partial charge < -0.3 is 5.32 Å². The third-order valence-electron chi connectivity index (χ3n) is 5.13. The van der Waals surface area contributed by atoms with Crippen LogP contribution in [0.1, 0.15) is 46.5 Å². The average Bonchev–Trinajstić information content (AvgIpc) is 3.11. The van der Waals surface area contributed by atoms with Gasteiger partial charge in [0.25, 0.3) is 0 Å². The Hall–Kier alpha value is -2.89. The molecule has 0 spiro atoms. The SMILES string of the molecule is C[C@@H](NC(c1ccccc1)c1ccc(C2SC(=N)NC2=O)cc1)c1ccccc1. The fraction of sp³-hybridized carbons (Fsp3) is 0.167. The second kappa shape index (κ2) is 8.64. The van der Waals surface area contributed by atoms with Gasteiger partial charge in [-0.1, -0.05) is 96.7 Å². The number of carbonyl (C=O) groups is 1. The summed E-state index contributed by atoms with van der Waals surface area (Å²) >= 11 is 1.25. The minimum absolute atomic E-state index is 0.0313. The van der Waals surface area contributed by atoms with E-state index in [0.717, 1.165) is 11.1 Å². The van der Waals surface area contributed by atoms with Crippen LogP contribution in [0, 0.1) is 5.41 Å². The van der Waals surface area contributed by atoms with Crippen molar-refractivity contribution in [2.45, 2.75) is 24.3 Å². The first kappa shape index (κ1) is 19.4. The fourth-order valence-corrected chi connectivity index (χ4v) is 4.43. The summed E-state index contributed by atoms with van der Waals surface area (Å²) in [7, 11) is 0. The molecule has 3 N–H and O–H groups in total. The Kier molecular flexibility index (Phi) is 5.79. The van der Waals surface area contributed by atoms with Crippen LogP contribution in [0.15, 0.2) is 84.9 Å². The predicted octanol–water partition coefficient (Wildman–Crippen LogP) is 4.97. The van der Waals surface area contributed by atoms with Crippen LogP contribution in [-0.4, -0.2) is 11.1 Å². The topological polar surface area (TPSA) is 65.0 Å². The fourth-order valence-electron chi connectivity index (χ4n) is 3.58. The number of rotatable bonds is 6. The highest BCUT2D eigenvalue weighted by molar-refractivity contribution is 8.15. The summed E-state index contributed by atoms with van der Waals surface area (Å²) in [6.07, 6.45) is 0. The number of amidine groups is 1. The lowest BCUT2D eigenvalue weighted by Crippen LogP contribution is -2.25. The molecule has 5 heteroatoms. The quantitative estimate of drug-likeness (QED) is 0.547. The molecule has 146 valence electrons. The number of hydrogen-bond donors (Lipinski definition) is 3. The summed E-state index contributed by atoms with van der Waals surface area (Å²) in [4.78, 5) is 12.0. The molecule has 29 heavy (non-hydrogen) atoms. The molecule has 3 aromatic carbocycles. The Morgan fingerprint density at radius 1 is 0.862 bits per heavy atom. The van der Waals surface area contributed by atoms with Crippen LogP contribution < -0.4 is 10.6 Å². The summed E-state index contributed by atoms with van der Waals surface area (Å²) in [5.41, 5.74) is 4.49. The summed E-state index contributed by atoms with van der Waals surface area (Å²) < 4.78 is 0. The molecule has 0 saturated carbocycles. The molecule has 0 aromatic heterocycles. The molecule has 4 nitrogen and oxygen atoms in total. The van der Waals surface area contributed by atoms with Gasteiger partial charge in [-0.25, -0.2) is 0 Å². The Morgan fingerprint density at radius 3 is 1.97 bits per heavy atom. The highest BCUT2D eigenvalue weighted by Crippen LogP contribution is 2.35. The van der Waals surface area contributed by atoms with Gasteiger partial charge in [-0.05, 0) is 29.2 Å². The van der Waals surface area contributed by atoms with Crippen molar-refractivity contribution in [3.05, 3.63) is 107 Å². The van der Waals surface area contributed by atoms with Gasteiger partial charge in [-0.15, -0.1) is 0 Å². The van der Waals surface area contributed by atoms with E-state index in [2.05, 4.69) is 78.2 Å². The number of benzene rings is 3. The average molecular weight is 402 g/mol. The lowest BCUT2D eigenvalue weighted by atomic mass is 9.95. The van der Waals surface area contributed by atoms with Gasteiger partial charge >= 0.3 is 0 Å². The minimum atomic E-state index is -0.345. The maximum Gasteiger partial charge on any atom is 0.244 e. The van der Waals surface area contributed by atoms with Crippen molar-refractivity contribution in [3.8, 4) is 0 Å². The molecule has 2 unspecified atom stereocenters. The molecule has 0 radical (unpaired) electrons. The number of hydrogen-bond acceptors (Lipinski definition) is 4. The number of nitrogens with one attached hydrogen (secondary N) is 3. The third kappa shape index (κ3) is 4.42. The van der Waals surface area contributed by atoms with Crippen molar-refractivity contribution in [3.63, 3.8) is 0 Å². The van der Waals surface area contributed by atoms with Crippen molar-refractivity contribution < 1.29 is 4.79 Å². The molecule has 4 rings (SSSR count). The van der Waals surface area contributed by atoms with E-state index >= 15 is 0 Å². The lowest BCUT2D eigenvalue weighted by molar-refractivity contribution is -0.118. The van der Waals surface area contributed by atoms with Crippen LogP contribution in [0.25, 0.3) is 0 Å². The second-order valence-electron chi connectivity index (χ2n) is 7.13. The number of amides is 1. The normalized spacial score (nSPS) is 18.3. The third-order valence-corrected chi connectivity index (χ3v) is 6.19. The Labute approximate surface area is 175 Å². The number of carbonyl (C=O) groups excluding carboxylic acids is 1. The monoisotopic (exact) mass is 401 g/mol. The van der Waals surface area contributed by atoms with Crippen LogP contribution >= 0.6 is 11.8 Å². The van der Waals surface area contributed by atoms with Crippen molar-refractivity contribution >= 4 is 22.8 Å². The van der Waals surface area contributed by atoms with Gasteiger partial charge in [-0.2, -0.15) is 0 Å². The van der Waals surface area contributed by atoms with E-state index in [1.807, 2.05) is 24.3 Å². The van der Waals surface area contributed by atoms with Crippen LogP contribution in [-0.2, 0) is 4.79 Å². The van der Waals surface area contributed by atoms with Gasteiger partial charge in [-0.3, -0.25) is 15.5 Å². The summed E-state index contributed by atoms with van der Waals surface area (Å²) in [5, 5.41) is 13.8. The molecule has 1 aliphatic rings. The standard InChI is InChI=1S/C24H23N3OS/c1-16(17-8-4-2-5-9-17)26-21(18-10-6-3-7-11-18)19-12-14-20(15-13-19)22-23(28)27-24(25)29-22/h2-16,21-22,26H,1H3,(H2,25,27,28)/t16-,21?,22?/m1/s1. The number of thioether (sulfide) groups is 1. The first-order chi connectivity index (χ1) is 14.1. The minimum Gasteiger partial charge on any atom is -0.304 e. The molecule has 1 heterocycles. The van der Waals surface area contributed by atoms with Crippen molar-refractivity contribution in [1.29, 1.82) is 5.41 Å². The van der Waals surface area contributed by atoms with Crippen LogP contribution in [0.2, 0.25) is 0 Å². The lowest BCUT2D eigenvalue weighted by Gasteiger charge is -2.25. The van der Waals surface area contributed by atoms with Gasteiger partial charge in [0.15, 0.2) is 5.17 Å². The molecule has 3 aromatic rings. The smallest absolute Gasteiger partial charge is 0.244 e. The van der Waals surface area contributed by atoms with Crippen LogP contribution in [0.3, 0.4) is 0 Å². The van der Waals surface area contributed by atoms with Crippen molar-refractivity contribution in [2.24, 2.45) is 0 Å². The molecule has 0 aliphatic carbocycles. The predicted molar refractivity (Wildman–Crippen MR) is 119 cm³/mol. The van der Waals surface area contributed by atoms with Crippen LogP contribution in [0.5, 0.6) is 0 Å². The van der Waals surface area contributed by atoms with Crippen LogP contribution in [0.4, 0.5) is 0 Å². The van der Waals surface area contributed by atoms with E-state index < -0.39 is 0 Å². The zero-order chi connectivity index (χ0) is 20.2.